The van der Waals surface area contributed by atoms with Gasteiger partial charge in [-0.15, -0.1) is 5.10 Å². The highest BCUT2D eigenvalue weighted by Crippen LogP contribution is 2.42. The van der Waals surface area contributed by atoms with E-state index in [2.05, 4.69) is 10.3 Å². The van der Waals surface area contributed by atoms with Gasteiger partial charge in [0.1, 0.15) is 17.6 Å². The molecule has 1 amide bonds. The van der Waals surface area contributed by atoms with Crippen LogP contribution in [0.3, 0.4) is 0 Å². The number of alkyl halides is 1. The number of carbonyl (C=O) groups excluding carboxylic acids is 4. The number of esters is 1. The second-order valence-corrected chi connectivity index (χ2v) is 13.5. The summed E-state index contributed by atoms with van der Waals surface area (Å²) in [5.41, 5.74) is 3.34. The number of amides is 1. The van der Waals surface area contributed by atoms with Crippen LogP contribution in [0.2, 0.25) is 0 Å². The van der Waals surface area contributed by atoms with E-state index in [1.165, 1.54) is 18.9 Å². The van der Waals surface area contributed by atoms with Gasteiger partial charge in [0.15, 0.2) is 17.2 Å². The Hall–Kier alpha value is -3.91. The Kier molecular flexibility index (Phi) is 11.0. The number of ketones is 2. The Balaban J connectivity index is 1.59. The number of hydrogen-bond donors (Lipinski definition) is 2. The molecule has 1 aromatic carbocycles. The molecule has 0 spiro atoms. The lowest BCUT2D eigenvalue weighted by Gasteiger charge is -2.41. The van der Waals surface area contributed by atoms with Crippen LogP contribution in [0.25, 0.3) is 11.3 Å². The number of halogens is 1. The minimum Gasteiger partial charge on any atom is -0.455 e. The van der Waals surface area contributed by atoms with Crippen molar-refractivity contribution in [3.05, 3.63) is 30.5 Å². The van der Waals surface area contributed by atoms with E-state index in [4.69, 9.17) is 19.9 Å². The van der Waals surface area contributed by atoms with E-state index in [1.54, 1.807) is 38.4 Å². The fourth-order valence-corrected chi connectivity index (χ4v) is 7.00. The molecule has 0 aliphatic carbocycles. The zero-order chi connectivity index (χ0) is 35.6. The van der Waals surface area contributed by atoms with Gasteiger partial charge in [-0.1, -0.05) is 45.0 Å². The maximum Gasteiger partial charge on any atom is 0.410 e. The Morgan fingerprint density at radius 1 is 1.12 bits per heavy atom. The third-order valence-corrected chi connectivity index (χ3v) is 10.1. The number of nitrogen functional groups attached to an aromatic ring is 1. The molecule has 8 atom stereocenters. The van der Waals surface area contributed by atoms with Crippen molar-refractivity contribution in [1.82, 2.24) is 19.9 Å². The van der Waals surface area contributed by atoms with E-state index in [-0.39, 0.29) is 31.6 Å². The summed E-state index contributed by atoms with van der Waals surface area (Å²) in [5.74, 6) is -7.94. The summed E-state index contributed by atoms with van der Waals surface area (Å²) in [5, 5.41) is 19.6. The van der Waals surface area contributed by atoms with E-state index in [9.17, 15) is 24.3 Å². The Labute approximate surface area is 280 Å². The average molecular weight is 674 g/mol. The molecule has 2 aliphatic rings. The zero-order valence-corrected chi connectivity index (χ0v) is 28.8. The van der Waals surface area contributed by atoms with Crippen LogP contribution >= 0.6 is 0 Å². The topological polar surface area (TPSA) is 176 Å². The van der Waals surface area contributed by atoms with Crippen LogP contribution in [-0.4, -0.2) is 91.5 Å². The summed E-state index contributed by atoms with van der Waals surface area (Å²) in [6, 6.07) is 6.44. The molecule has 2 saturated heterocycles. The highest BCUT2D eigenvalue weighted by Gasteiger charge is 2.61. The van der Waals surface area contributed by atoms with Crippen LogP contribution < -0.4 is 5.73 Å². The molecule has 3 N–H and O–H groups in total. The van der Waals surface area contributed by atoms with Crippen molar-refractivity contribution in [3.63, 3.8) is 0 Å². The van der Waals surface area contributed by atoms with Crippen molar-refractivity contribution >= 4 is 29.3 Å². The number of anilines is 1. The Morgan fingerprint density at radius 3 is 2.46 bits per heavy atom. The van der Waals surface area contributed by atoms with E-state index in [0.29, 0.717) is 30.8 Å². The number of nitrogens with zero attached hydrogens (tertiary/aromatic N) is 4. The molecule has 264 valence electrons. The maximum absolute atomic E-state index is 16.0. The number of benzene rings is 1. The summed E-state index contributed by atoms with van der Waals surface area (Å²) in [6.07, 6.45) is 1.05. The first-order valence-corrected chi connectivity index (χ1v) is 16.5. The molecule has 4 rings (SSSR count). The average Bonchev–Trinajstić information content (AvgIpc) is 3.63. The summed E-state index contributed by atoms with van der Waals surface area (Å²) >= 11 is 0. The molecule has 1 aromatic heterocycles. The predicted octanol–water partition coefficient (Wildman–Crippen LogP) is 4.11. The number of unbranched alkanes of at least 4 members (excludes halogenated alkanes) is 1. The van der Waals surface area contributed by atoms with Gasteiger partial charge in [0.05, 0.1) is 18.2 Å². The smallest absolute Gasteiger partial charge is 0.410 e. The van der Waals surface area contributed by atoms with Crippen LogP contribution in [0, 0.1) is 17.8 Å². The molecule has 2 aromatic rings. The maximum atomic E-state index is 16.0. The number of nitrogens with two attached hydrogens (primary N) is 1. The number of Topliss-reactive ketones (excluding diaryl/α,β-unsaturated/α-hetero) is 2. The number of rotatable bonds is 8. The molecule has 0 radical (unpaired) electrons. The van der Waals surface area contributed by atoms with Crippen molar-refractivity contribution in [1.29, 1.82) is 0 Å². The first-order chi connectivity index (χ1) is 22.5. The van der Waals surface area contributed by atoms with Gasteiger partial charge < -0.3 is 30.0 Å². The van der Waals surface area contributed by atoms with Crippen molar-refractivity contribution in [2.75, 3.05) is 19.4 Å². The largest absolute Gasteiger partial charge is 0.455 e. The van der Waals surface area contributed by atoms with Gasteiger partial charge in [-0.3, -0.25) is 14.3 Å². The molecule has 3 heterocycles. The summed E-state index contributed by atoms with van der Waals surface area (Å²) in [4.78, 5) is 55.5. The fraction of sp³-hybridized carbons (Fsp3) is 0.647. The lowest BCUT2D eigenvalue weighted by atomic mass is 9.75. The summed E-state index contributed by atoms with van der Waals surface area (Å²) in [6.45, 7) is 9.42. The minimum atomic E-state index is -3.14. The number of aryl methyl sites for hydroxylation is 1. The molecule has 13 nitrogen and oxygen atoms in total. The molecule has 48 heavy (non-hydrogen) atoms. The lowest BCUT2D eigenvalue weighted by molar-refractivity contribution is -0.225. The third-order valence-electron chi connectivity index (χ3n) is 10.1. The first kappa shape index (κ1) is 36.9. The molecule has 0 bridgehead atoms. The number of carbonyl (C=O) groups is 4. The molecular formula is C34H48FN5O8. The van der Waals surface area contributed by atoms with Gasteiger partial charge in [0.25, 0.3) is 5.67 Å². The predicted molar refractivity (Wildman–Crippen MR) is 173 cm³/mol. The van der Waals surface area contributed by atoms with E-state index < -0.39 is 64.8 Å². The normalized spacial score (nSPS) is 33.6. The van der Waals surface area contributed by atoms with Crippen molar-refractivity contribution in [2.24, 2.45) is 17.8 Å². The van der Waals surface area contributed by atoms with Gasteiger partial charge >= 0.3 is 12.1 Å². The van der Waals surface area contributed by atoms with E-state index >= 15 is 4.39 Å². The number of cyclic esters (lactones) is 1. The van der Waals surface area contributed by atoms with Gasteiger partial charge in [0.2, 0.25) is 0 Å². The number of hydrogen-bond acceptors (Lipinski definition) is 11. The lowest BCUT2D eigenvalue weighted by Crippen LogP contribution is -2.59. The molecule has 0 unspecified atom stereocenters. The standard InChI is InChI=1S/C34H48FN5O8/c1-8-26-33(6)28(21(3)27(41)20(2)14-15-34(45,46-7)22(4)29(42)32(5,35)30(43)47-26)40(31(44)48-33)17-10-9-16-39-19-25(37-38-39)23-12-11-13-24(36)18-23/h11-13,18-22,26,28,45H,8-10,14-17,36H2,1-7H3/t20-,21+,22+,26-,28-,32+,33-,34-/m1/s1. The summed E-state index contributed by atoms with van der Waals surface area (Å²) < 4.78 is 34.5. The molecule has 0 saturated carbocycles. The van der Waals surface area contributed by atoms with Gasteiger partial charge in [-0.25, -0.2) is 14.0 Å². The van der Waals surface area contributed by atoms with Gasteiger partial charge in [0, 0.05) is 49.7 Å². The van der Waals surface area contributed by atoms with Crippen LogP contribution in [0.15, 0.2) is 30.5 Å². The van der Waals surface area contributed by atoms with Crippen LogP contribution in [0.1, 0.15) is 73.6 Å². The highest BCUT2D eigenvalue weighted by atomic mass is 19.1. The van der Waals surface area contributed by atoms with E-state index in [0.717, 1.165) is 12.5 Å². The minimum absolute atomic E-state index is 0.0971. The second kappa shape index (κ2) is 14.3. The van der Waals surface area contributed by atoms with Crippen molar-refractivity contribution in [3.8, 4) is 11.3 Å². The quantitative estimate of drug-likeness (QED) is 0.136. The van der Waals surface area contributed by atoms with Gasteiger partial charge in [-0.05, 0) is 51.7 Å². The second-order valence-electron chi connectivity index (χ2n) is 13.5. The van der Waals surface area contributed by atoms with Crippen molar-refractivity contribution < 1.29 is 42.9 Å². The fourth-order valence-electron chi connectivity index (χ4n) is 7.00. The Morgan fingerprint density at radius 2 is 1.81 bits per heavy atom. The van der Waals surface area contributed by atoms with Crippen LogP contribution in [0.4, 0.5) is 14.9 Å². The van der Waals surface area contributed by atoms with Crippen LogP contribution in [0.5, 0.6) is 0 Å². The number of aliphatic hydroxyl groups is 1. The highest BCUT2D eigenvalue weighted by molar-refractivity contribution is 6.08. The number of ether oxygens (including phenoxy) is 3. The molecule has 14 heteroatoms. The van der Waals surface area contributed by atoms with Crippen molar-refractivity contribution in [2.45, 2.75) is 109 Å². The monoisotopic (exact) mass is 673 g/mol. The van der Waals surface area contributed by atoms with Gasteiger partial charge in [-0.2, -0.15) is 0 Å². The molecule has 2 fully saturated rings. The number of aromatic nitrogens is 3. The van der Waals surface area contributed by atoms with E-state index in [1.807, 2.05) is 24.4 Å². The summed E-state index contributed by atoms with van der Waals surface area (Å²) in [7, 11) is 1.18. The first-order valence-electron chi connectivity index (χ1n) is 16.5. The Bertz CT molecular complexity index is 1520. The zero-order valence-electron chi connectivity index (χ0n) is 28.8. The van der Waals surface area contributed by atoms with Crippen LogP contribution in [-0.2, 0) is 35.1 Å². The third kappa shape index (κ3) is 7.09. The number of fused-ring (bicyclic) bond motifs is 1. The molecule has 2 aliphatic heterocycles. The number of methoxy groups -OCH3 is 1. The molecular weight excluding hydrogens is 625 g/mol. The SMILES string of the molecule is CC[C@H]1OC(=O)[C@@](C)(F)C(=O)[C@H](C)[C@](O)(OC)CC[C@@H](C)C(=O)[C@H](C)[C@H]2N(CCCCn3cc(-c4cccc(N)c4)nn3)C(=O)O[C@]12C.